The largest absolute Gasteiger partial charge is 0.377 e. The normalized spacial score (nSPS) is 34.8. The van der Waals surface area contributed by atoms with Gasteiger partial charge in [0.15, 0.2) is 0 Å². The Balaban J connectivity index is 1.19. The first kappa shape index (κ1) is 15.7. The average Bonchev–Trinajstić information content (AvgIpc) is 3.42. The molecule has 3 aliphatic carbocycles. The number of nitrogens with one attached hydrogen (secondary N) is 2. The molecule has 4 rings (SSSR count). The number of rotatable bonds is 7. The quantitative estimate of drug-likeness (QED) is 0.754. The summed E-state index contributed by atoms with van der Waals surface area (Å²) in [6, 6.07) is 1.04. The van der Waals surface area contributed by atoms with Crippen molar-refractivity contribution in [3.05, 3.63) is 0 Å². The molecule has 130 valence electrons. The fraction of sp³-hybridized carbons (Fsp3) is 0.944. The zero-order chi connectivity index (χ0) is 16.0. The molecule has 0 spiro atoms. The van der Waals surface area contributed by atoms with E-state index in [0.717, 1.165) is 38.1 Å². The zero-order valence-corrected chi connectivity index (χ0v) is 14.5. The van der Waals surface area contributed by atoms with Crippen LogP contribution in [0.25, 0.3) is 0 Å². The maximum absolute atomic E-state index is 12.2. The van der Waals surface area contributed by atoms with E-state index in [1.165, 1.54) is 32.2 Å². The molecule has 0 aromatic rings. The molecule has 4 fully saturated rings. The Morgan fingerprint density at radius 1 is 1.22 bits per heavy atom. The van der Waals surface area contributed by atoms with Crippen molar-refractivity contribution in [3.63, 3.8) is 0 Å². The third-order valence-corrected chi connectivity index (χ3v) is 6.32. The predicted molar refractivity (Wildman–Crippen MR) is 89.3 cm³/mol. The van der Waals surface area contributed by atoms with Crippen molar-refractivity contribution in [3.8, 4) is 0 Å². The van der Waals surface area contributed by atoms with E-state index in [1.807, 2.05) is 0 Å². The lowest BCUT2D eigenvalue weighted by Gasteiger charge is -2.54. The number of fused-ring (bicyclic) bond motifs is 1. The molecule has 2 amide bonds. The van der Waals surface area contributed by atoms with Crippen LogP contribution in [0.2, 0.25) is 0 Å². The van der Waals surface area contributed by atoms with Gasteiger partial charge < -0.3 is 15.4 Å². The Morgan fingerprint density at radius 3 is 2.70 bits per heavy atom. The first-order valence-corrected chi connectivity index (χ1v) is 9.45. The second kappa shape index (κ2) is 5.92. The number of hydrogen-bond acceptors (Lipinski definition) is 3. The van der Waals surface area contributed by atoms with Gasteiger partial charge in [-0.1, -0.05) is 13.8 Å². The molecule has 0 unspecified atom stereocenters. The van der Waals surface area contributed by atoms with Gasteiger partial charge in [0, 0.05) is 49.7 Å². The molecule has 1 aliphatic heterocycles. The number of carbonyl (C=O) groups excluding carboxylic acids is 1. The summed E-state index contributed by atoms with van der Waals surface area (Å²) in [6.07, 6.45) is 6.90. The highest BCUT2D eigenvalue weighted by atomic mass is 16.5. The number of amides is 2. The Morgan fingerprint density at radius 2 is 2.00 bits per heavy atom. The van der Waals surface area contributed by atoms with Crippen molar-refractivity contribution in [1.82, 2.24) is 15.5 Å². The Labute approximate surface area is 139 Å². The summed E-state index contributed by atoms with van der Waals surface area (Å²) in [4.78, 5) is 14.8. The maximum atomic E-state index is 12.2. The molecule has 5 nitrogen and oxygen atoms in total. The standard InChI is InChI=1S/C18H31N3O2/c1-18(2)15(14-7-10-23-16(14)18)20-17(22)19-8-9-21(13-5-6-13)11-12-3-4-12/h12-16H,3-11H2,1-2H3,(H2,19,20,22)/t14-,15+,16-/m0/s1. The van der Waals surface area contributed by atoms with E-state index in [2.05, 4.69) is 29.4 Å². The second-order valence-electron chi connectivity index (χ2n) is 8.61. The van der Waals surface area contributed by atoms with E-state index in [-0.39, 0.29) is 17.5 Å². The van der Waals surface area contributed by atoms with Gasteiger partial charge in [-0.3, -0.25) is 4.90 Å². The fourth-order valence-corrected chi connectivity index (χ4v) is 4.62. The van der Waals surface area contributed by atoms with Gasteiger partial charge in [-0.15, -0.1) is 0 Å². The van der Waals surface area contributed by atoms with Gasteiger partial charge >= 0.3 is 6.03 Å². The Kier molecular flexibility index (Phi) is 4.04. The van der Waals surface area contributed by atoms with Crippen molar-refractivity contribution in [2.75, 3.05) is 26.2 Å². The second-order valence-corrected chi connectivity index (χ2v) is 8.61. The number of carbonyl (C=O) groups is 1. The SMILES string of the molecule is CC1(C)[C@H](NC(=O)NCCN(CC2CC2)C2CC2)[C@@H]2CCO[C@@H]21. The van der Waals surface area contributed by atoms with Gasteiger partial charge in [0.1, 0.15) is 0 Å². The van der Waals surface area contributed by atoms with E-state index in [1.54, 1.807) is 0 Å². The number of nitrogens with zero attached hydrogens (tertiary/aromatic N) is 1. The molecule has 3 saturated carbocycles. The van der Waals surface area contributed by atoms with Crippen molar-refractivity contribution < 1.29 is 9.53 Å². The van der Waals surface area contributed by atoms with Crippen LogP contribution in [-0.2, 0) is 4.74 Å². The third kappa shape index (κ3) is 3.22. The van der Waals surface area contributed by atoms with Crippen LogP contribution >= 0.6 is 0 Å². The molecule has 0 aromatic carbocycles. The first-order chi connectivity index (χ1) is 11.1. The highest BCUT2D eigenvalue weighted by Gasteiger charge is 2.59. The summed E-state index contributed by atoms with van der Waals surface area (Å²) in [7, 11) is 0. The molecule has 1 saturated heterocycles. The number of ether oxygens (including phenoxy) is 1. The summed E-state index contributed by atoms with van der Waals surface area (Å²) in [6.45, 7) is 8.25. The first-order valence-electron chi connectivity index (χ1n) is 9.45. The van der Waals surface area contributed by atoms with E-state index >= 15 is 0 Å². The van der Waals surface area contributed by atoms with Crippen LogP contribution in [0.1, 0.15) is 46.0 Å². The van der Waals surface area contributed by atoms with Gasteiger partial charge in [-0.2, -0.15) is 0 Å². The minimum atomic E-state index is -0.00408. The lowest BCUT2D eigenvalue weighted by molar-refractivity contribution is -0.108. The molecule has 0 radical (unpaired) electrons. The van der Waals surface area contributed by atoms with Crippen LogP contribution in [-0.4, -0.2) is 55.4 Å². The highest BCUT2D eigenvalue weighted by Crippen LogP contribution is 2.52. The van der Waals surface area contributed by atoms with Crippen LogP contribution in [0.4, 0.5) is 4.79 Å². The summed E-state index contributed by atoms with van der Waals surface area (Å²) in [5.41, 5.74) is 0.0600. The molecule has 23 heavy (non-hydrogen) atoms. The van der Waals surface area contributed by atoms with Crippen molar-refractivity contribution in [1.29, 1.82) is 0 Å². The van der Waals surface area contributed by atoms with Crippen LogP contribution < -0.4 is 10.6 Å². The molecular formula is C18H31N3O2. The third-order valence-electron chi connectivity index (χ3n) is 6.32. The molecule has 1 heterocycles. The summed E-state index contributed by atoms with van der Waals surface area (Å²) in [5.74, 6) is 1.44. The molecule has 5 heteroatoms. The summed E-state index contributed by atoms with van der Waals surface area (Å²) >= 11 is 0. The molecule has 2 N–H and O–H groups in total. The topological polar surface area (TPSA) is 53.6 Å². The Bertz CT molecular complexity index is 459. The lowest BCUT2D eigenvalue weighted by Crippen LogP contribution is -2.67. The lowest BCUT2D eigenvalue weighted by atomic mass is 9.57. The molecular weight excluding hydrogens is 290 g/mol. The van der Waals surface area contributed by atoms with Gasteiger partial charge in [0.25, 0.3) is 0 Å². The van der Waals surface area contributed by atoms with Gasteiger partial charge in [0.2, 0.25) is 0 Å². The minimum Gasteiger partial charge on any atom is -0.377 e. The zero-order valence-electron chi connectivity index (χ0n) is 14.5. The fourth-order valence-electron chi connectivity index (χ4n) is 4.62. The van der Waals surface area contributed by atoms with Crippen molar-refractivity contribution in [2.45, 2.75) is 64.1 Å². The molecule has 3 atom stereocenters. The number of hydrogen-bond donors (Lipinski definition) is 2. The van der Waals surface area contributed by atoms with E-state index < -0.39 is 0 Å². The van der Waals surface area contributed by atoms with Gasteiger partial charge in [-0.05, 0) is 38.0 Å². The number of urea groups is 1. The van der Waals surface area contributed by atoms with E-state index in [4.69, 9.17) is 4.74 Å². The van der Waals surface area contributed by atoms with Crippen LogP contribution in [0.15, 0.2) is 0 Å². The van der Waals surface area contributed by atoms with E-state index in [0.29, 0.717) is 12.0 Å². The van der Waals surface area contributed by atoms with Crippen molar-refractivity contribution in [2.24, 2.45) is 17.3 Å². The average molecular weight is 321 g/mol. The van der Waals surface area contributed by atoms with Crippen LogP contribution in [0, 0.1) is 17.3 Å². The molecule has 0 aromatic heterocycles. The highest BCUT2D eigenvalue weighted by molar-refractivity contribution is 5.74. The van der Waals surface area contributed by atoms with Gasteiger partial charge in [-0.25, -0.2) is 4.79 Å². The van der Waals surface area contributed by atoms with Crippen molar-refractivity contribution >= 4 is 6.03 Å². The minimum absolute atomic E-state index is 0.00408. The van der Waals surface area contributed by atoms with Crippen LogP contribution in [0.5, 0.6) is 0 Å². The van der Waals surface area contributed by atoms with E-state index in [9.17, 15) is 4.79 Å². The monoisotopic (exact) mass is 321 g/mol. The molecule has 0 bridgehead atoms. The maximum Gasteiger partial charge on any atom is 0.315 e. The van der Waals surface area contributed by atoms with Gasteiger partial charge in [0.05, 0.1) is 6.10 Å². The predicted octanol–water partition coefficient (Wildman–Crippen LogP) is 1.97. The smallest absolute Gasteiger partial charge is 0.315 e. The Hall–Kier alpha value is -0.810. The molecule has 4 aliphatic rings. The summed E-state index contributed by atoms with van der Waals surface area (Å²) in [5, 5.41) is 6.27. The van der Waals surface area contributed by atoms with Crippen LogP contribution in [0.3, 0.4) is 0 Å². The summed E-state index contributed by atoms with van der Waals surface area (Å²) < 4.78 is 5.79.